The van der Waals surface area contributed by atoms with E-state index >= 15 is 0 Å². The van der Waals surface area contributed by atoms with Gasteiger partial charge >= 0.3 is 0 Å². The molecule has 108 valence electrons. The van der Waals surface area contributed by atoms with Crippen LogP contribution in [0.15, 0.2) is 12.1 Å². The molecular weight excluding hydrogens is 258 g/mol. The second-order valence-electron chi connectivity index (χ2n) is 5.47. The van der Waals surface area contributed by atoms with Crippen LogP contribution in [0.3, 0.4) is 0 Å². The van der Waals surface area contributed by atoms with Crippen molar-refractivity contribution in [3.8, 4) is 0 Å². The van der Waals surface area contributed by atoms with E-state index in [0.29, 0.717) is 6.42 Å². The molecule has 0 saturated carbocycles. The summed E-state index contributed by atoms with van der Waals surface area (Å²) < 4.78 is 24.3. The van der Waals surface area contributed by atoms with Crippen LogP contribution in [0.25, 0.3) is 0 Å². The van der Waals surface area contributed by atoms with Crippen LogP contribution in [0.4, 0.5) is 0 Å². The maximum Gasteiger partial charge on any atom is 0.154 e. The molecule has 0 spiro atoms. The Morgan fingerprint density at radius 1 is 1.16 bits per heavy atom. The van der Waals surface area contributed by atoms with Crippen molar-refractivity contribution >= 4 is 9.84 Å². The Bertz CT molecular complexity index is 526. The molecule has 0 saturated heterocycles. The first-order chi connectivity index (χ1) is 8.69. The van der Waals surface area contributed by atoms with Crippen molar-refractivity contribution in [2.75, 3.05) is 5.75 Å². The lowest BCUT2D eigenvalue weighted by molar-refractivity contribution is 0.573. The molecule has 0 radical (unpaired) electrons. The number of hydrogen-bond acceptors (Lipinski definition) is 3. The molecule has 19 heavy (non-hydrogen) atoms. The third-order valence-corrected chi connectivity index (χ3v) is 6.09. The van der Waals surface area contributed by atoms with Crippen molar-refractivity contribution in [3.63, 3.8) is 0 Å². The third-order valence-electron chi connectivity index (χ3n) is 3.71. The first-order valence-electron chi connectivity index (χ1n) is 6.74. The predicted molar refractivity (Wildman–Crippen MR) is 81.1 cm³/mol. The molecule has 2 N–H and O–H groups in total. The minimum Gasteiger partial charge on any atom is -0.323 e. The summed E-state index contributed by atoms with van der Waals surface area (Å²) in [5.41, 5.74) is 10.4. The van der Waals surface area contributed by atoms with Gasteiger partial charge in [0, 0.05) is 6.04 Å². The van der Waals surface area contributed by atoms with Crippen LogP contribution in [0.1, 0.15) is 48.6 Å². The third kappa shape index (κ3) is 3.80. The van der Waals surface area contributed by atoms with Gasteiger partial charge in [0.15, 0.2) is 9.84 Å². The van der Waals surface area contributed by atoms with Crippen LogP contribution in [0, 0.1) is 20.8 Å². The first-order valence-corrected chi connectivity index (χ1v) is 8.45. The lowest BCUT2D eigenvalue weighted by Gasteiger charge is -2.20. The standard InChI is InChI=1S/C15H25NO2S/c1-6-13(5)19(17,18)9-14(16)15-11(3)7-10(2)8-12(15)4/h7-8,13-14H,6,9,16H2,1-5H3. The van der Waals surface area contributed by atoms with Gasteiger partial charge in [-0.05, 0) is 50.8 Å². The van der Waals surface area contributed by atoms with Crippen LogP contribution in [0.5, 0.6) is 0 Å². The maximum absolute atomic E-state index is 12.2. The molecule has 0 aromatic heterocycles. The van der Waals surface area contributed by atoms with E-state index in [0.717, 1.165) is 16.7 Å². The molecule has 0 fully saturated rings. The molecule has 2 atom stereocenters. The minimum atomic E-state index is -3.13. The van der Waals surface area contributed by atoms with Crippen molar-refractivity contribution in [3.05, 3.63) is 34.4 Å². The summed E-state index contributed by atoms with van der Waals surface area (Å²) in [5, 5.41) is -0.329. The number of rotatable bonds is 5. The fourth-order valence-corrected chi connectivity index (χ4v) is 4.03. The van der Waals surface area contributed by atoms with E-state index < -0.39 is 15.9 Å². The monoisotopic (exact) mass is 283 g/mol. The van der Waals surface area contributed by atoms with Crippen molar-refractivity contribution in [2.45, 2.75) is 52.3 Å². The normalized spacial score (nSPS) is 15.3. The van der Waals surface area contributed by atoms with Crippen molar-refractivity contribution in [1.82, 2.24) is 0 Å². The zero-order chi connectivity index (χ0) is 14.8. The van der Waals surface area contributed by atoms with E-state index in [9.17, 15) is 8.42 Å². The highest BCUT2D eigenvalue weighted by Crippen LogP contribution is 2.24. The molecular formula is C15H25NO2S. The van der Waals surface area contributed by atoms with Gasteiger partial charge in [-0.3, -0.25) is 0 Å². The van der Waals surface area contributed by atoms with Crippen molar-refractivity contribution in [2.24, 2.45) is 5.73 Å². The summed E-state index contributed by atoms with van der Waals surface area (Å²) in [7, 11) is -3.13. The Kier molecular flexibility index (Phi) is 5.16. The Balaban J connectivity index is 3.06. The summed E-state index contributed by atoms with van der Waals surface area (Å²) >= 11 is 0. The number of nitrogens with two attached hydrogens (primary N) is 1. The number of aryl methyl sites for hydroxylation is 3. The van der Waals surface area contributed by atoms with E-state index in [1.807, 2.05) is 27.7 Å². The van der Waals surface area contributed by atoms with E-state index in [4.69, 9.17) is 5.73 Å². The van der Waals surface area contributed by atoms with E-state index in [-0.39, 0.29) is 11.0 Å². The molecule has 2 unspecified atom stereocenters. The zero-order valence-corrected chi connectivity index (χ0v) is 13.3. The molecule has 0 aliphatic carbocycles. The number of sulfone groups is 1. The highest BCUT2D eigenvalue weighted by molar-refractivity contribution is 7.92. The van der Waals surface area contributed by atoms with Gasteiger partial charge in [0.25, 0.3) is 0 Å². The molecule has 3 nitrogen and oxygen atoms in total. The minimum absolute atomic E-state index is 0.0206. The molecule has 4 heteroatoms. The summed E-state index contributed by atoms with van der Waals surface area (Å²) in [6.45, 7) is 9.65. The Labute approximate surface area is 117 Å². The molecule has 0 aliphatic heterocycles. The van der Waals surface area contributed by atoms with Crippen LogP contribution < -0.4 is 5.73 Å². The highest BCUT2D eigenvalue weighted by Gasteiger charge is 2.24. The first kappa shape index (κ1) is 16.2. The smallest absolute Gasteiger partial charge is 0.154 e. The van der Waals surface area contributed by atoms with Gasteiger partial charge in [-0.15, -0.1) is 0 Å². The summed E-state index contributed by atoms with van der Waals surface area (Å²) in [4.78, 5) is 0. The lowest BCUT2D eigenvalue weighted by Crippen LogP contribution is -2.29. The average molecular weight is 283 g/mol. The van der Waals surface area contributed by atoms with Crippen LogP contribution in [-0.2, 0) is 9.84 Å². The average Bonchev–Trinajstić information content (AvgIpc) is 2.25. The van der Waals surface area contributed by atoms with E-state index in [1.54, 1.807) is 6.92 Å². The molecule has 1 rings (SSSR count). The summed E-state index contributed by atoms with van der Waals surface area (Å²) in [6, 6.07) is 3.66. The quantitative estimate of drug-likeness (QED) is 0.904. The van der Waals surface area contributed by atoms with Gasteiger partial charge in [0.2, 0.25) is 0 Å². The van der Waals surface area contributed by atoms with Crippen LogP contribution in [-0.4, -0.2) is 19.4 Å². The fraction of sp³-hybridized carbons (Fsp3) is 0.600. The molecule has 0 heterocycles. The Hall–Kier alpha value is -0.870. The lowest BCUT2D eigenvalue weighted by atomic mass is 9.95. The molecule has 0 bridgehead atoms. The number of hydrogen-bond donors (Lipinski definition) is 1. The fourth-order valence-electron chi connectivity index (χ4n) is 2.53. The van der Waals surface area contributed by atoms with Crippen molar-refractivity contribution < 1.29 is 8.42 Å². The SMILES string of the molecule is CCC(C)S(=O)(=O)CC(N)c1c(C)cc(C)cc1C. The number of benzene rings is 1. The summed E-state index contributed by atoms with van der Waals surface area (Å²) in [6.07, 6.45) is 0.626. The molecule has 1 aromatic carbocycles. The Morgan fingerprint density at radius 2 is 1.63 bits per heavy atom. The molecule has 1 aromatic rings. The van der Waals surface area contributed by atoms with Crippen molar-refractivity contribution in [1.29, 1.82) is 0 Å². The zero-order valence-electron chi connectivity index (χ0n) is 12.5. The van der Waals surface area contributed by atoms with Gasteiger partial charge in [-0.1, -0.05) is 24.6 Å². The van der Waals surface area contributed by atoms with Gasteiger partial charge in [0.05, 0.1) is 11.0 Å². The highest BCUT2D eigenvalue weighted by atomic mass is 32.2. The second-order valence-corrected chi connectivity index (χ2v) is 7.93. The second kappa shape index (κ2) is 6.06. The molecule has 0 amide bonds. The maximum atomic E-state index is 12.2. The van der Waals surface area contributed by atoms with Gasteiger partial charge in [0.1, 0.15) is 0 Å². The summed E-state index contributed by atoms with van der Waals surface area (Å²) in [5.74, 6) is 0.0206. The largest absolute Gasteiger partial charge is 0.323 e. The predicted octanol–water partition coefficient (Wildman–Crippen LogP) is 2.82. The van der Waals surface area contributed by atoms with E-state index in [1.165, 1.54) is 5.56 Å². The molecule has 0 aliphatic rings. The van der Waals surface area contributed by atoms with Gasteiger partial charge in [-0.2, -0.15) is 0 Å². The van der Waals surface area contributed by atoms with Gasteiger partial charge < -0.3 is 5.73 Å². The van der Waals surface area contributed by atoms with Crippen LogP contribution in [0.2, 0.25) is 0 Å². The Morgan fingerprint density at radius 3 is 2.05 bits per heavy atom. The topological polar surface area (TPSA) is 60.2 Å². The van der Waals surface area contributed by atoms with Gasteiger partial charge in [-0.25, -0.2) is 8.42 Å². The van der Waals surface area contributed by atoms with E-state index in [2.05, 4.69) is 12.1 Å². The van der Waals surface area contributed by atoms with Crippen LogP contribution >= 0.6 is 0 Å².